The summed E-state index contributed by atoms with van der Waals surface area (Å²) in [7, 11) is 5.02. The van der Waals surface area contributed by atoms with Crippen LogP contribution in [0, 0.1) is 11.6 Å². The summed E-state index contributed by atoms with van der Waals surface area (Å²) in [5.74, 6) is -1.13. The van der Waals surface area contributed by atoms with E-state index >= 15 is 8.78 Å². The van der Waals surface area contributed by atoms with E-state index in [1.54, 1.807) is 49.3 Å². The molecule has 14 heteroatoms. The molecule has 53 heavy (non-hydrogen) atoms. The SMILES string of the molecule is C=CC(=O)N1C[C@H](C)n2nc(-c3nc(-c4cnc5c(c4)CN(CC(=O)N(C)C)CC5)c4scc(F)c4c3-c3c(F)cccc3OCCOC)cc2[C@H]1C. The van der Waals surface area contributed by atoms with Crippen LogP contribution in [0.5, 0.6) is 5.75 Å². The molecule has 276 valence electrons. The quantitative estimate of drug-likeness (QED) is 0.122. The molecule has 2 atom stereocenters. The van der Waals surface area contributed by atoms with Crippen molar-refractivity contribution in [1.82, 2.24) is 34.4 Å². The predicted octanol–water partition coefficient (Wildman–Crippen LogP) is 6.29. The first-order valence-corrected chi connectivity index (χ1v) is 18.3. The van der Waals surface area contributed by atoms with Gasteiger partial charge in [-0.3, -0.25) is 24.2 Å². The first-order valence-electron chi connectivity index (χ1n) is 17.5. The summed E-state index contributed by atoms with van der Waals surface area (Å²) in [6.45, 7) is 9.86. The van der Waals surface area contributed by atoms with Crippen molar-refractivity contribution in [2.75, 3.05) is 54.1 Å². The highest BCUT2D eigenvalue weighted by Gasteiger charge is 2.34. The van der Waals surface area contributed by atoms with E-state index in [4.69, 9.17) is 24.5 Å². The second-order valence-corrected chi connectivity index (χ2v) is 14.5. The molecule has 1 aromatic carbocycles. The van der Waals surface area contributed by atoms with Gasteiger partial charge >= 0.3 is 0 Å². The fourth-order valence-electron chi connectivity index (χ4n) is 7.16. The maximum absolute atomic E-state index is 16.4. The number of carbonyl (C=O) groups excluding carboxylic acids is 2. The van der Waals surface area contributed by atoms with E-state index in [1.807, 2.05) is 30.7 Å². The molecule has 0 fully saturated rings. The Morgan fingerprint density at radius 3 is 2.68 bits per heavy atom. The summed E-state index contributed by atoms with van der Waals surface area (Å²) in [4.78, 5) is 40.8. The fraction of sp³-hybridized carbons (Fsp3) is 0.359. The first-order chi connectivity index (χ1) is 25.5. The van der Waals surface area contributed by atoms with E-state index in [2.05, 4.69) is 11.5 Å². The Hall–Kier alpha value is -5.05. The number of methoxy groups -OCH3 is 1. The minimum absolute atomic E-state index is 0.0114. The van der Waals surface area contributed by atoms with Gasteiger partial charge in [-0.2, -0.15) is 5.10 Å². The van der Waals surface area contributed by atoms with Crippen molar-refractivity contribution in [1.29, 1.82) is 0 Å². The number of ether oxygens (including phenoxy) is 2. The normalized spacial score (nSPS) is 17.1. The van der Waals surface area contributed by atoms with Crippen LogP contribution in [-0.2, 0) is 27.3 Å². The number of carbonyl (C=O) groups is 2. The highest BCUT2D eigenvalue weighted by molar-refractivity contribution is 7.17. The molecule has 6 heterocycles. The summed E-state index contributed by atoms with van der Waals surface area (Å²) in [5, 5.41) is 6.58. The lowest BCUT2D eigenvalue weighted by Crippen LogP contribution is -2.42. The molecule has 5 aromatic rings. The number of nitrogens with zero attached hydrogens (tertiary/aromatic N) is 7. The van der Waals surface area contributed by atoms with Gasteiger partial charge in [0.25, 0.3) is 0 Å². The third-order valence-electron chi connectivity index (χ3n) is 9.93. The summed E-state index contributed by atoms with van der Waals surface area (Å²) >= 11 is 1.18. The number of pyridine rings is 2. The Morgan fingerprint density at radius 1 is 1.11 bits per heavy atom. The number of halogens is 2. The molecule has 0 radical (unpaired) electrons. The van der Waals surface area contributed by atoms with E-state index in [-0.39, 0.29) is 71.6 Å². The van der Waals surface area contributed by atoms with Crippen LogP contribution >= 0.6 is 11.3 Å². The van der Waals surface area contributed by atoms with Crippen molar-refractivity contribution in [3.8, 4) is 39.5 Å². The minimum Gasteiger partial charge on any atom is -0.490 e. The van der Waals surface area contributed by atoms with Gasteiger partial charge in [-0.25, -0.2) is 13.8 Å². The fourth-order valence-corrected chi connectivity index (χ4v) is 8.09. The Morgan fingerprint density at radius 2 is 1.92 bits per heavy atom. The number of hydrogen-bond acceptors (Lipinski definition) is 9. The van der Waals surface area contributed by atoms with Crippen LogP contribution in [0.25, 0.3) is 43.9 Å². The average Bonchev–Trinajstić information content (AvgIpc) is 3.77. The Kier molecular flexibility index (Phi) is 10.1. The second-order valence-electron chi connectivity index (χ2n) is 13.6. The number of thiophene rings is 1. The molecule has 4 aromatic heterocycles. The number of likely N-dealkylation sites (N-methyl/N-ethyl adjacent to an activating group) is 1. The Balaban J connectivity index is 1.45. The Bertz CT molecular complexity index is 2230. The summed E-state index contributed by atoms with van der Waals surface area (Å²) in [6.07, 6.45) is 3.72. The first kappa shape index (κ1) is 36.3. The van der Waals surface area contributed by atoms with Crippen molar-refractivity contribution in [3.05, 3.63) is 83.1 Å². The number of amides is 2. The maximum Gasteiger partial charge on any atom is 0.246 e. The van der Waals surface area contributed by atoms with Gasteiger partial charge in [0.15, 0.2) is 0 Å². The third kappa shape index (κ3) is 6.70. The van der Waals surface area contributed by atoms with Crippen LogP contribution < -0.4 is 4.74 Å². The largest absolute Gasteiger partial charge is 0.490 e. The number of rotatable bonds is 10. The number of fused-ring (bicyclic) bond motifs is 3. The molecular formula is C39H41F2N7O4S. The molecule has 0 saturated carbocycles. The number of hydrogen-bond donors (Lipinski definition) is 0. The van der Waals surface area contributed by atoms with Crippen LogP contribution in [0.4, 0.5) is 8.78 Å². The van der Waals surface area contributed by atoms with Gasteiger partial charge in [-0.05, 0) is 49.8 Å². The minimum atomic E-state index is -0.612. The highest BCUT2D eigenvalue weighted by Crippen LogP contribution is 2.48. The lowest BCUT2D eigenvalue weighted by atomic mass is 9.94. The molecule has 0 spiro atoms. The molecule has 2 aliphatic rings. The molecule has 0 saturated heterocycles. The molecular weight excluding hydrogens is 701 g/mol. The predicted molar refractivity (Wildman–Crippen MR) is 200 cm³/mol. The lowest BCUT2D eigenvalue weighted by Gasteiger charge is -2.36. The maximum atomic E-state index is 16.4. The van der Waals surface area contributed by atoms with Crippen LogP contribution in [0.3, 0.4) is 0 Å². The molecule has 0 N–H and O–H groups in total. The monoisotopic (exact) mass is 741 g/mol. The smallest absolute Gasteiger partial charge is 0.246 e. The van der Waals surface area contributed by atoms with Crippen molar-refractivity contribution < 1.29 is 27.8 Å². The third-order valence-corrected chi connectivity index (χ3v) is 10.9. The molecule has 2 amide bonds. The van der Waals surface area contributed by atoms with E-state index in [0.717, 1.165) is 17.0 Å². The average molecular weight is 742 g/mol. The second kappa shape index (κ2) is 14.8. The molecule has 2 aliphatic heterocycles. The molecule has 7 rings (SSSR count). The van der Waals surface area contributed by atoms with E-state index in [0.29, 0.717) is 47.7 Å². The van der Waals surface area contributed by atoms with Gasteiger partial charge in [0, 0.05) is 81.0 Å². The topological polar surface area (TPSA) is 106 Å². The van der Waals surface area contributed by atoms with E-state index in [9.17, 15) is 9.59 Å². The van der Waals surface area contributed by atoms with Crippen LogP contribution in [0.15, 0.2) is 54.6 Å². The van der Waals surface area contributed by atoms with Crippen LogP contribution in [-0.4, -0.2) is 100 Å². The molecule has 11 nitrogen and oxygen atoms in total. The zero-order chi connectivity index (χ0) is 37.6. The number of aromatic nitrogens is 4. The van der Waals surface area contributed by atoms with Crippen LogP contribution in [0.1, 0.15) is 42.9 Å². The Labute approximate surface area is 310 Å². The molecule has 0 aliphatic carbocycles. The lowest BCUT2D eigenvalue weighted by molar-refractivity contribution is -0.130. The van der Waals surface area contributed by atoms with E-state index in [1.165, 1.54) is 28.9 Å². The summed E-state index contributed by atoms with van der Waals surface area (Å²) in [5.41, 5.74) is 4.67. The van der Waals surface area contributed by atoms with Gasteiger partial charge in [0.1, 0.15) is 35.4 Å². The van der Waals surface area contributed by atoms with Crippen molar-refractivity contribution in [2.24, 2.45) is 0 Å². The van der Waals surface area contributed by atoms with Gasteiger partial charge in [-0.1, -0.05) is 12.6 Å². The van der Waals surface area contributed by atoms with Crippen LogP contribution in [0.2, 0.25) is 0 Å². The van der Waals surface area contributed by atoms with Gasteiger partial charge < -0.3 is 19.3 Å². The number of benzene rings is 1. The summed E-state index contributed by atoms with van der Waals surface area (Å²) < 4.78 is 46.2. The zero-order valence-electron chi connectivity index (χ0n) is 30.4. The van der Waals surface area contributed by atoms with Crippen molar-refractivity contribution in [3.63, 3.8) is 0 Å². The zero-order valence-corrected chi connectivity index (χ0v) is 31.2. The van der Waals surface area contributed by atoms with Gasteiger partial charge in [-0.15, -0.1) is 11.3 Å². The van der Waals surface area contributed by atoms with Crippen molar-refractivity contribution >= 4 is 33.2 Å². The molecule has 0 unspecified atom stereocenters. The highest BCUT2D eigenvalue weighted by atomic mass is 32.1. The van der Waals surface area contributed by atoms with Gasteiger partial charge in [0.2, 0.25) is 11.8 Å². The van der Waals surface area contributed by atoms with E-state index < -0.39 is 11.6 Å². The molecule has 0 bridgehead atoms. The standard InChI is InChI=1S/C39H41F2N7O4S/c1-7-32(49)47-18-22(2)48-30(23(47)3)16-29(44-48)38-36(34-26(40)9-8-10-31(34)52-14-13-51-6)35-27(41)21-53-39(35)37(43-38)24-15-25-19-46(20-33(50)45(4)5)12-11-28(25)42-17-24/h7-10,15-17,21-23H,1,11-14,18-20H2,2-6H3/t22-,23+/m0/s1. The van der Waals surface area contributed by atoms with Crippen molar-refractivity contribution in [2.45, 2.75) is 38.9 Å². The summed E-state index contributed by atoms with van der Waals surface area (Å²) in [6, 6.07) is 7.79. The van der Waals surface area contributed by atoms with Gasteiger partial charge in [0.05, 0.1) is 46.9 Å².